The Hall–Kier alpha value is -2.82. The van der Waals surface area contributed by atoms with E-state index in [1.165, 1.54) is 18.2 Å². The summed E-state index contributed by atoms with van der Waals surface area (Å²) in [4.78, 5) is 34.5. The molecule has 0 unspecified atom stereocenters. The SMILES string of the molecule is O=C1c2[c]c([N+](=O)[O-])ccc2C(=O)c2ccccc21. The van der Waals surface area contributed by atoms with Crippen molar-refractivity contribution in [1.82, 2.24) is 0 Å². The molecule has 0 atom stereocenters. The van der Waals surface area contributed by atoms with Gasteiger partial charge < -0.3 is 0 Å². The molecular formula is C14H6NO4. The smallest absolute Gasteiger partial charge is 0.278 e. The zero-order valence-corrected chi connectivity index (χ0v) is 9.54. The lowest BCUT2D eigenvalue weighted by atomic mass is 9.84. The summed E-state index contributed by atoms with van der Waals surface area (Å²) in [5, 5.41) is 10.7. The Labute approximate surface area is 107 Å². The molecule has 0 bridgehead atoms. The maximum Gasteiger partial charge on any atom is 0.278 e. The molecule has 91 valence electrons. The number of hydrogen-bond donors (Lipinski definition) is 0. The van der Waals surface area contributed by atoms with Gasteiger partial charge in [-0.15, -0.1) is 0 Å². The molecule has 0 heterocycles. The second-order valence-corrected chi connectivity index (χ2v) is 4.09. The number of nitrogens with zero attached hydrogens (tertiary/aromatic N) is 1. The van der Waals surface area contributed by atoms with Crippen molar-refractivity contribution in [1.29, 1.82) is 0 Å². The minimum absolute atomic E-state index is 0.0297. The molecular weight excluding hydrogens is 246 g/mol. The van der Waals surface area contributed by atoms with E-state index < -0.39 is 10.7 Å². The van der Waals surface area contributed by atoms with Crippen LogP contribution in [0.1, 0.15) is 31.8 Å². The molecule has 0 saturated carbocycles. The second-order valence-electron chi connectivity index (χ2n) is 4.09. The van der Waals surface area contributed by atoms with Crippen LogP contribution >= 0.6 is 0 Å². The van der Waals surface area contributed by atoms with E-state index in [0.29, 0.717) is 5.56 Å². The molecule has 0 aliphatic heterocycles. The van der Waals surface area contributed by atoms with E-state index in [2.05, 4.69) is 6.07 Å². The van der Waals surface area contributed by atoms with Crippen molar-refractivity contribution in [2.75, 3.05) is 0 Å². The molecule has 0 aromatic heterocycles. The average Bonchev–Trinajstić information content (AvgIpc) is 2.44. The lowest BCUT2D eigenvalue weighted by Crippen LogP contribution is -2.21. The molecule has 0 saturated heterocycles. The highest BCUT2D eigenvalue weighted by Crippen LogP contribution is 2.29. The van der Waals surface area contributed by atoms with Gasteiger partial charge in [-0.2, -0.15) is 0 Å². The van der Waals surface area contributed by atoms with Crippen LogP contribution in [0.15, 0.2) is 36.4 Å². The van der Waals surface area contributed by atoms with Gasteiger partial charge in [0.25, 0.3) is 5.69 Å². The zero-order valence-electron chi connectivity index (χ0n) is 9.54. The maximum absolute atomic E-state index is 12.2. The number of nitro groups is 1. The number of fused-ring (bicyclic) bond motifs is 2. The molecule has 0 N–H and O–H groups in total. The fourth-order valence-corrected chi connectivity index (χ4v) is 2.12. The molecule has 19 heavy (non-hydrogen) atoms. The lowest BCUT2D eigenvalue weighted by molar-refractivity contribution is -0.385. The van der Waals surface area contributed by atoms with Crippen LogP contribution in [-0.4, -0.2) is 16.5 Å². The highest BCUT2D eigenvalue weighted by Gasteiger charge is 2.30. The number of hydrogen-bond acceptors (Lipinski definition) is 4. The number of carbonyl (C=O) groups excluding carboxylic acids is 2. The molecule has 5 nitrogen and oxygen atoms in total. The van der Waals surface area contributed by atoms with Crippen LogP contribution in [-0.2, 0) is 0 Å². The fraction of sp³-hybridized carbons (Fsp3) is 0. The molecule has 0 spiro atoms. The maximum atomic E-state index is 12.2. The van der Waals surface area contributed by atoms with Crippen molar-refractivity contribution >= 4 is 17.3 Å². The third-order valence-corrected chi connectivity index (χ3v) is 3.01. The van der Waals surface area contributed by atoms with E-state index in [4.69, 9.17) is 0 Å². The zero-order chi connectivity index (χ0) is 13.6. The third-order valence-electron chi connectivity index (χ3n) is 3.01. The van der Waals surface area contributed by atoms with Crippen LogP contribution in [0.5, 0.6) is 0 Å². The summed E-state index contributed by atoms with van der Waals surface area (Å²) >= 11 is 0. The van der Waals surface area contributed by atoms with E-state index in [9.17, 15) is 19.7 Å². The first kappa shape index (κ1) is 11.3. The Morgan fingerprint density at radius 3 is 2.16 bits per heavy atom. The first-order valence-electron chi connectivity index (χ1n) is 5.49. The topological polar surface area (TPSA) is 77.3 Å². The summed E-state index contributed by atoms with van der Waals surface area (Å²) in [7, 11) is 0. The van der Waals surface area contributed by atoms with Crippen molar-refractivity contribution in [3.8, 4) is 0 Å². The van der Waals surface area contributed by atoms with Crippen molar-refractivity contribution < 1.29 is 14.5 Å². The normalized spacial score (nSPS) is 12.8. The van der Waals surface area contributed by atoms with Gasteiger partial charge in [0, 0.05) is 28.3 Å². The molecule has 0 fully saturated rings. The molecule has 2 aromatic carbocycles. The highest BCUT2D eigenvalue weighted by atomic mass is 16.6. The van der Waals surface area contributed by atoms with Gasteiger partial charge in [-0.25, -0.2) is 0 Å². The molecule has 2 aromatic rings. The Bertz CT molecular complexity index is 749. The van der Waals surface area contributed by atoms with Crippen LogP contribution < -0.4 is 0 Å². The summed E-state index contributed by atoms with van der Waals surface area (Å²) in [5.74, 6) is -0.717. The minimum atomic E-state index is -0.640. The quantitative estimate of drug-likeness (QED) is 0.491. The lowest BCUT2D eigenvalue weighted by Gasteiger charge is -2.16. The van der Waals surface area contributed by atoms with Gasteiger partial charge in [-0.3, -0.25) is 19.7 Å². The highest BCUT2D eigenvalue weighted by molar-refractivity contribution is 6.28. The van der Waals surface area contributed by atoms with E-state index >= 15 is 0 Å². The minimum Gasteiger partial charge on any atom is -0.289 e. The van der Waals surface area contributed by atoms with E-state index in [1.54, 1.807) is 18.2 Å². The van der Waals surface area contributed by atoms with Gasteiger partial charge in [0.05, 0.1) is 11.0 Å². The van der Waals surface area contributed by atoms with Crippen molar-refractivity contribution in [3.63, 3.8) is 0 Å². The van der Waals surface area contributed by atoms with E-state index in [0.717, 1.165) is 0 Å². The Morgan fingerprint density at radius 1 is 0.895 bits per heavy atom. The van der Waals surface area contributed by atoms with Gasteiger partial charge in [0.1, 0.15) is 0 Å². The molecule has 3 rings (SSSR count). The Morgan fingerprint density at radius 2 is 1.53 bits per heavy atom. The molecule has 1 aliphatic carbocycles. The Balaban J connectivity index is 2.27. The average molecular weight is 252 g/mol. The predicted molar refractivity (Wildman–Crippen MR) is 65.2 cm³/mol. The number of non-ortho nitro benzene ring substituents is 1. The Kier molecular flexibility index (Phi) is 2.28. The van der Waals surface area contributed by atoms with Gasteiger partial charge in [0.2, 0.25) is 0 Å². The van der Waals surface area contributed by atoms with Gasteiger partial charge in [-0.05, 0) is 6.07 Å². The van der Waals surface area contributed by atoms with E-state index in [-0.39, 0.29) is 28.2 Å². The monoisotopic (exact) mass is 252 g/mol. The molecule has 0 amide bonds. The first-order chi connectivity index (χ1) is 9.09. The standard InChI is InChI=1S/C14H6NO4/c16-13-9-3-1-2-4-10(9)14(17)12-7-8(15(18)19)5-6-11(12)13/h1-6H. The van der Waals surface area contributed by atoms with Gasteiger partial charge >= 0.3 is 0 Å². The predicted octanol–water partition coefficient (Wildman–Crippen LogP) is 2.17. The van der Waals surface area contributed by atoms with Crippen LogP contribution in [0, 0.1) is 16.2 Å². The third kappa shape index (κ3) is 1.55. The van der Waals surface area contributed by atoms with Crippen LogP contribution in [0.3, 0.4) is 0 Å². The van der Waals surface area contributed by atoms with Crippen LogP contribution in [0.25, 0.3) is 0 Å². The summed E-state index contributed by atoms with van der Waals surface area (Å²) < 4.78 is 0. The molecule has 5 heteroatoms. The van der Waals surface area contributed by atoms with Gasteiger partial charge in [0.15, 0.2) is 11.6 Å². The largest absolute Gasteiger partial charge is 0.289 e. The first-order valence-corrected chi connectivity index (χ1v) is 5.49. The summed E-state index contributed by atoms with van der Waals surface area (Å²) in [6.45, 7) is 0. The number of ketones is 2. The van der Waals surface area contributed by atoms with Gasteiger partial charge in [-0.1, -0.05) is 24.3 Å². The second kappa shape index (κ2) is 3.84. The van der Waals surface area contributed by atoms with Crippen molar-refractivity contribution in [2.45, 2.75) is 0 Å². The fourth-order valence-electron chi connectivity index (χ4n) is 2.12. The van der Waals surface area contributed by atoms with E-state index in [1.807, 2.05) is 0 Å². The molecule has 1 radical (unpaired) electrons. The number of benzene rings is 2. The summed E-state index contributed by atoms with van der Waals surface area (Å²) in [5.41, 5.74) is 0.394. The van der Waals surface area contributed by atoms with Crippen molar-refractivity contribution in [2.24, 2.45) is 0 Å². The van der Waals surface area contributed by atoms with Crippen LogP contribution in [0.4, 0.5) is 5.69 Å². The summed E-state index contributed by atoms with van der Waals surface area (Å²) in [6.07, 6.45) is 0. The van der Waals surface area contributed by atoms with Crippen LogP contribution in [0.2, 0.25) is 0 Å². The molecule has 1 aliphatic rings. The summed E-state index contributed by atoms with van der Waals surface area (Å²) in [6, 6.07) is 11.3. The number of nitro benzene ring substituents is 1. The number of rotatable bonds is 1. The number of carbonyl (C=O) groups is 2. The van der Waals surface area contributed by atoms with Crippen molar-refractivity contribution in [3.05, 3.63) is 74.8 Å².